The second-order valence-corrected chi connectivity index (χ2v) is 5.65. The van der Waals surface area contributed by atoms with Crippen molar-refractivity contribution < 1.29 is 22.6 Å². The molecule has 0 aliphatic carbocycles. The van der Waals surface area contributed by atoms with Gasteiger partial charge in [0.1, 0.15) is 12.6 Å². The number of hydrogen-bond donors (Lipinski definition) is 1. The van der Waals surface area contributed by atoms with E-state index in [-0.39, 0.29) is 6.10 Å². The summed E-state index contributed by atoms with van der Waals surface area (Å²) in [6, 6.07) is 0. The fourth-order valence-electron chi connectivity index (χ4n) is 0.761. The van der Waals surface area contributed by atoms with Crippen LogP contribution in [0.15, 0.2) is 0 Å². The molecule has 0 radical (unpaired) electrons. The van der Waals surface area contributed by atoms with E-state index in [2.05, 4.69) is 21.1 Å². The van der Waals surface area contributed by atoms with E-state index in [4.69, 9.17) is 13.0 Å². The lowest BCUT2D eigenvalue weighted by Gasteiger charge is -2.26. The number of aliphatic hydroxyl groups excluding tert-OH is 1. The van der Waals surface area contributed by atoms with Crippen LogP contribution in [0.2, 0.25) is 0 Å². The van der Waals surface area contributed by atoms with Crippen LogP contribution in [0.3, 0.4) is 0 Å². The van der Waals surface area contributed by atoms with E-state index in [0.717, 1.165) is 17.4 Å². The maximum Gasteiger partial charge on any atom is 0.104 e. The Kier molecular flexibility index (Phi) is 7.37. The van der Waals surface area contributed by atoms with Gasteiger partial charge >= 0.3 is 0 Å². The van der Waals surface area contributed by atoms with E-state index in [9.17, 15) is 5.11 Å². The fraction of sp³-hybridized carbons (Fsp3) is 1.00. The van der Waals surface area contributed by atoms with Gasteiger partial charge in [-0.2, -0.15) is 0 Å². The third-order valence-electron chi connectivity index (χ3n) is 1.23. The average Bonchev–Trinajstić information content (AvgIpc) is 1.79. The zero-order valence-electron chi connectivity index (χ0n) is 9.52. The van der Waals surface area contributed by atoms with Crippen LogP contribution in [0.25, 0.3) is 0 Å². The van der Waals surface area contributed by atoms with Crippen molar-refractivity contribution in [2.75, 3.05) is 33.9 Å². The molecule has 0 aromatic rings. The first-order valence-electron chi connectivity index (χ1n) is 4.35. The Morgan fingerprint density at radius 1 is 1.36 bits per heavy atom. The van der Waals surface area contributed by atoms with E-state index in [1.165, 1.54) is 0 Å². The molecule has 0 heterocycles. The Balaban J connectivity index is 0. The minimum atomic E-state index is -3.92. The molecule has 0 bridgehead atoms. The standard InChI is InChI=1S/C7H18NO.CH4O3S/c1-5-7(9)6-8(2,3)4;1-5(2,3)4/h7,9H,5-6H2,1-4H3;1H3,(H,2,3,4)/q+1;/p-1. The quantitative estimate of drug-likeness (QED) is 0.527. The number of aliphatic hydroxyl groups is 1. The van der Waals surface area contributed by atoms with Crippen molar-refractivity contribution in [2.45, 2.75) is 19.4 Å². The number of nitrogens with zero attached hydrogens (tertiary/aromatic N) is 1. The topological polar surface area (TPSA) is 77.4 Å². The lowest BCUT2D eigenvalue weighted by molar-refractivity contribution is -0.873. The third-order valence-corrected chi connectivity index (χ3v) is 1.23. The van der Waals surface area contributed by atoms with Crippen molar-refractivity contribution in [3.63, 3.8) is 0 Å². The molecule has 88 valence electrons. The van der Waals surface area contributed by atoms with Gasteiger partial charge in [-0.15, -0.1) is 0 Å². The van der Waals surface area contributed by atoms with E-state index >= 15 is 0 Å². The van der Waals surface area contributed by atoms with Gasteiger partial charge in [0, 0.05) is 6.26 Å². The molecule has 1 unspecified atom stereocenters. The van der Waals surface area contributed by atoms with Crippen LogP contribution in [0.5, 0.6) is 0 Å². The number of hydrogen-bond acceptors (Lipinski definition) is 4. The Morgan fingerprint density at radius 2 is 1.64 bits per heavy atom. The summed E-state index contributed by atoms with van der Waals surface area (Å²) < 4.78 is 28.1. The summed E-state index contributed by atoms with van der Waals surface area (Å²) in [5.74, 6) is 0. The maximum atomic E-state index is 9.18. The molecule has 0 fully saturated rings. The number of likely N-dealkylation sites (N-methyl/N-ethyl adjacent to an activating group) is 1. The van der Waals surface area contributed by atoms with Gasteiger partial charge in [0.2, 0.25) is 0 Å². The molecule has 0 rings (SSSR count). The summed E-state index contributed by atoms with van der Waals surface area (Å²) in [4.78, 5) is 0. The van der Waals surface area contributed by atoms with Crippen LogP contribution < -0.4 is 0 Å². The molecule has 14 heavy (non-hydrogen) atoms. The molecule has 0 spiro atoms. The number of quaternary nitrogens is 1. The molecule has 1 N–H and O–H groups in total. The molecule has 0 aromatic carbocycles. The first-order valence-corrected chi connectivity index (χ1v) is 6.16. The zero-order valence-corrected chi connectivity index (χ0v) is 10.3. The van der Waals surface area contributed by atoms with Crippen molar-refractivity contribution in [1.29, 1.82) is 0 Å². The molecule has 0 aliphatic rings. The van der Waals surface area contributed by atoms with E-state index < -0.39 is 10.1 Å². The summed E-state index contributed by atoms with van der Waals surface area (Å²) >= 11 is 0. The summed E-state index contributed by atoms with van der Waals surface area (Å²) in [6.07, 6.45) is 1.33. The van der Waals surface area contributed by atoms with Crippen molar-refractivity contribution >= 4 is 10.1 Å². The van der Waals surface area contributed by atoms with Gasteiger partial charge in [-0.05, 0) is 6.42 Å². The fourth-order valence-corrected chi connectivity index (χ4v) is 0.761. The van der Waals surface area contributed by atoms with Gasteiger partial charge < -0.3 is 14.1 Å². The Bertz CT molecular complexity index is 222. The molecule has 0 amide bonds. The van der Waals surface area contributed by atoms with Crippen molar-refractivity contribution in [3.8, 4) is 0 Å². The number of rotatable bonds is 3. The van der Waals surface area contributed by atoms with Crippen molar-refractivity contribution in [2.24, 2.45) is 0 Å². The first-order chi connectivity index (χ1) is 5.95. The van der Waals surface area contributed by atoms with Crippen LogP contribution in [-0.2, 0) is 10.1 Å². The molecule has 6 heteroatoms. The van der Waals surface area contributed by atoms with Crippen LogP contribution in [-0.4, -0.2) is 62.6 Å². The molecule has 0 saturated heterocycles. The van der Waals surface area contributed by atoms with E-state index in [1.807, 2.05) is 6.92 Å². The minimum Gasteiger partial charge on any atom is -0.748 e. The highest BCUT2D eigenvalue weighted by molar-refractivity contribution is 7.84. The normalized spacial score (nSPS) is 14.2. The van der Waals surface area contributed by atoms with Gasteiger partial charge in [0.05, 0.1) is 31.3 Å². The molecule has 0 saturated carbocycles. The van der Waals surface area contributed by atoms with Crippen LogP contribution in [0.1, 0.15) is 13.3 Å². The molecule has 1 atom stereocenters. The SMILES string of the molecule is CCC(O)C[N+](C)(C)C.CS(=O)(=O)[O-]. The van der Waals surface area contributed by atoms with Gasteiger partial charge in [-0.1, -0.05) is 6.92 Å². The summed E-state index contributed by atoms with van der Waals surface area (Å²) in [5.41, 5.74) is 0. The van der Waals surface area contributed by atoms with E-state index in [0.29, 0.717) is 6.26 Å². The second kappa shape index (κ2) is 6.34. The second-order valence-electron chi connectivity index (χ2n) is 4.24. The Labute approximate surface area is 86.7 Å². The average molecular weight is 227 g/mol. The third kappa shape index (κ3) is 29.7. The lowest BCUT2D eigenvalue weighted by atomic mass is 10.2. The first kappa shape index (κ1) is 16.3. The van der Waals surface area contributed by atoms with E-state index in [1.54, 1.807) is 0 Å². The molecular weight excluding hydrogens is 206 g/mol. The zero-order chi connectivity index (χ0) is 12.0. The highest BCUT2D eigenvalue weighted by Crippen LogP contribution is 1.97. The monoisotopic (exact) mass is 227 g/mol. The van der Waals surface area contributed by atoms with Gasteiger partial charge in [0.25, 0.3) is 0 Å². The predicted octanol–water partition coefficient (Wildman–Crippen LogP) is -0.375. The lowest BCUT2D eigenvalue weighted by Crippen LogP contribution is -2.41. The summed E-state index contributed by atoms with van der Waals surface area (Å²) in [7, 11) is 2.33. The van der Waals surface area contributed by atoms with Gasteiger partial charge in [-0.3, -0.25) is 0 Å². The highest BCUT2D eigenvalue weighted by Gasteiger charge is 2.12. The largest absolute Gasteiger partial charge is 0.748 e. The minimum absolute atomic E-state index is 0.134. The van der Waals surface area contributed by atoms with Crippen LogP contribution >= 0.6 is 0 Å². The molecule has 5 nitrogen and oxygen atoms in total. The van der Waals surface area contributed by atoms with Crippen LogP contribution in [0, 0.1) is 0 Å². The smallest absolute Gasteiger partial charge is 0.104 e. The van der Waals surface area contributed by atoms with Crippen molar-refractivity contribution in [3.05, 3.63) is 0 Å². The Morgan fingerprint density at radius 3 is 1.71 bits per heavy atom. The van der Waals surface area contributed by atoms with Gasteiger partial charge in [0.15, 0.2) is 0 Å². The van der Waals surface area contributed by atoms with Crippen molar-refractivity contribution in [1.82, 2.24) is 0 Å². The van der Waals surface area contributed by atoms with Gasteiger partial charge in [-0.25, -0.2) is 8.42 Å². The Hall–Kier alpha value is -0.170. The highest BCUT2D eigenvalue weighted by atomic mass is 32.2. The molecule has 0 aliphatic heterocycles. The summed E-state index contributed by atoms with van der Waals surface area (Å²) in [6.45, 7) is 2.84. The van der Waals surface area contributed by atoms with Crippen LogP contribution in [0.4, 0.5) is 0 Å². The summed E-state index contributed by atoms with van der Waals surface area (Å²) in [5, 5.41) is 9.18. The molecular formula is C8H21NO4S. The molecule has 0 aromatic heterocycles. The maximum absolute atomic E-state index is 9.18. The predicted molar refractivity (Wildman–Crippen MR) is 54.8 cm³/mol.